The van der Waals surface area contributed by atoms with Crippen molar-refractivity contribution in [3.8, 4) is 11.5 Å². The molecular weight excluding hydrogens is 435 g/mol. The summed E-state index contributed by atoms with van der Waals surface area (Å²) in [4.78, 5) is 15.2. The summed E-state index contributed by atoms with van der Waals surface area (Å²) < 4.78 is 11.0. The Hall–Kier alpha value is -1.95. The Morgan fingerprint density at radius 2 is 1.87 bits per heavy atom. The van der Waals surface area contributed by atoms with Gasteiger partial charge in [-0.05, 0) is 68.1 Å². The first-order valence-corrected chi connectivity index (χ1v) is 11.3. The maximum Gasteiger partial charge on any atom is 0.251 e. The number of ether oxygens (including phenoxy) is 2. The summed E-state index contributed by atoms with van der Waals surface area (Å²) in [5.74, 6) is 1.85. The van der Waals surface area contributed by atoms with E-state index in [0.29, 0.717) is 21.5 Å². The lowest BCUT2D eigenvalue weighted by Crippen LogP contribution is -2.47. The van der Waals surface area contributed by atoms with Gasteiger partial charge in [0.2, 0.25) is 0 Å². The molecule has 0 spiro atoms. The quantitative estimate of drug-likeness (QED) is 0.693. The molecule has 4 rings (SSSR count). The largest absolute Gasteiger partial charge is 0.493 e. The first-order chi connectivity index (χ1) is 14.9. The van der Waals surface area contributed by atoms with E-state index in [1.807, 2.05) is 6.07 Å². The van der Waals surface area contributed by atoms with Crippen LogP contribution in [-0.4, -0.2) is 51.2 Å². The number of amides is 1. The van der Waals surface area contributed by atoms with Crippen molar-refractivity contribution >= 4 is 29.1 Å². The number of nitrogens with zero attached hydrogens (tertiary/aromatic N) is 1. The highest BCUT2D eigenvalue weighted by Gasteiger charge is 2.50. The number of carbonyl (C=O) groups is 1. The van der Waals surface area contributed by atoms with Crippen molar-refractivity contribution in [1.29, 1.82) is 0 Å². The van der Waals surface area contributed by atoms with Gasteiger partial charge in [-0.25, -0.2) is 0 Å². The molecule has 1 heterocycles. The standard InChI is InChI=1S/C24H28Cl2N2O3/c1-28-13-17-11-18(27-23(29)15-4-6-19(25)20(26)10-15)8-9-24(17,14-28)16-5-7-21(30-2)22(12-16)31-3/h4-7,10,12,17-18H,8-9,11,13-14H2,1-3H3,(H,27,29)/t17-,18+,24-/m1/s1. The zero-order valence-corrected chi connectivity index (χ0v) is 19.6. The molecule has 0 unspecified atom stereocenters. The molecule has 1 aliphatic carbocycles. The van der Waals surface area contributed by atoms with Gasteiger partial charge in [-0.3, -0.25) is 4.79 Å². The van der Waals surface area contributed by atoms with Gasteiger partial charge in [0.25, 0.3) is 5.91 Å². The summed E-state index contributed by atoms with van der Waals surface area (Å²) in [6, 6.07) is 11.4. The molecule has 31 heavy (non-hydrogen) atoms. The minimum absolute atomic E-state index is 0.0547. The third kappa shape index (κ3) is 4.23. The van der Waals surface area contributed by atoms with Gasteiger partial charge >= 0.3 is 0 Å². The van der Waals surface area contributed by atoms with Crippen LogP contribution in [0.4, 0.5) is 0 Å². The predicted molar refractivity (Wildman–Crippen MR) is 124 cm³/mol. The third-order valence-electron chi connectivity index (χ3n) is 6.85. The lowest BCUT2D eigenvalue weighted by atomic mass is 9.63. The molecule has 1 saturated carbocycles. The van der Waals surface area contributed by atoms with Crippen LogP contribution in [0.25, 0.3) is 0 Å². The van der Waals surface area contributed by atoms with Crippen molar-refractivity contribution in [2.24, 2.45) is 5.92 Å². The molecule has 3 atom stereocenters. The summed E-state index contributed by atoms with van der Waals surface area (Å²) in [6.45, 7) is 2.01. The summed E-state index contributed by atoms with van der Waals surface area (Å²) in [5.41, 5.74) is 1.88. The smallest absolute Gasteiger partial charge is 0.251 e. The number of fused-ring (bicyclic) bond motifs is 1. The molecule has 2 fully saturated rings. The zero-order valence-electron chi connectivity index (χ0n) is 18.1. The average molecular weight is 463 g/mol. The second-order valence-electron chi connectivity index (χ2n) is 8.69. The van der Waals surface area contributed by atoms with Crippen molar-refractivity contribution in [2.75, 3.05) is 34.4 Å². The van der Waals surface area contributed by atoms with Gasteiger partial charge in [-0.15, -0.1) is 0 Å². The SMILES string of the molecule is COc1ccc([C@]23CC[C@H](NC(=O)c4ccc(Cl)c(Cl)c4)C[C@@H]2CN(C)C3)cc1OC. The molecule has 2 aromatic rings. The number of halogens is 2. The molecule has 5 nitrogen and oxygen atoms in total. The number of likely N-dealkylation sites (N-methyl/N-ethyl adjacent to an activating group) is 1. The molecular formula is C24H28Cl2N2O3. The molecule has 166 valence electrons. The van der Waals surface area contributed by atoms with Crippen LogP contribution in [0.1, 0.15) is 35.2 Å². The van der Waals surface area contributed by atoms with Crippen LogP contribution in [-0.2, 0) is 5.41 Å². The fourth-order valence-electron chi connectivity index (χ4n) is 5.36. The van der Waals surface area contributed by atoms with E-state index >= 15 is 0 Å². The van der Waals surface area contributed by atoms with E-state index in [9.17, 15) is 4.79 Å². The second-order valence-corrected chi connectivity index (χ2v) is 9.51. The molecule has 2 aliphatic rings. The van der Waals surface area contributed by atoms with Crippen LogP contribution >= 0.6 is 23.2 Å². The van der Waals surface area contributed by atoms with Crippen LogP contribution in [0.5, 0.6) is 11.5 Å². The minimum atomic E-state index is -0.103. The number of carbonyl (C=O) groups excluding carboxylic acids is 1. The Morgan fingerprint density at radius 1 is 1.10 bits per heavy atom. The van der Waals surface area contributed by atoms with E-state index in [-0.39, 0.29) is 17.4 Å². The molecule has 0 aromatic heterocycles. The summed E-state index contributed by atoms with van der Waals surface area (Å²) in [6.07, 6.45) is 2.86. The molecule has 7 heteroatoms. The predicted octanol–water partition coefficient (Wildman–Crippen LogP) is 4.79. The fraction of sp³-hybridized carbons (Fsp3) is 0.458. The lowest BCUT2D eigenvalue weighted by Gasteiger charge is -2.43. The van der Waals surface area contributed by atoms with Crippen LogP contribution in [0.3, 0.4) is 0 Å². The van der Waals surface area contributed by atoms with E-state index in [0.717, 1.165) is 43.9 Å². The average Bonchev–Trinajstić information content (AvgIpc) is 3.11. The van der Waals surface area contributed by atoms with Gasteiger partial charge in [0.15, 0.2) is 11.5 Å². The van der Waals surface area contributed by atoms with E-state index in [1.54, 1.807) is 32.4 Å². The van der Waals surface area contributed by atoms with Gasteiger partial charge in [0.05, 0.1) is 24.3 Å². The number of hydrogen-bond acceptors (Lipinski definition) is 4. The highest BCUT2D eigenvalue weighted by Crippen LogP contribution is 2.49. The van der Waals surface area contributed by atoms with Gasteiger partial charge in [0.1, 0.15) is 0 Å². The topological polar surface area (TPSA) is 50.8 Å². The van der Waals surface area contributed by atoms with E-state index in [2.05, 4.69) is 29.4 Å². The molecule has 1 saturated heterocycles. The molecule has 2 aromatic carbocycles. The van der Waals surface area contributed by atoms with Crippen LogP contribution in [0, 0.1) is 5.92 Å². The van der Waals surface area contributed by atoms with Crippen molar-refractivity contribution in [3.63, 3.8) is 0 Å². The van der Waals surface area contributed by atoms with E-state index < -0.39 is 0 Å². The Labute approximate surface area is 193 Å². The zero-order chi connectivity index (χ0) is 22.2. The van der Waals surface area contributed by atoms with E-state index in [1.165, 1.54) is 5.56 Å². The third-order valence-corrected chi connectivity index (χ3v) is 7.59. The van der Waals surface area contributed by atoms with E-state index in [4.69, 9.17) is 32.7 Å². The first-order valence-electron chi connectivity index (χ1n) is 10.5. The van der Waals surface area contributed by atoms with Crippen LogP contribution in [0.2, 0.25) is 10.0 Å². The Balaban J connectivity index is 1.53. The van der Waals surface area contributed by atoms with Gasteiger partial charge in [-0.1, -0.05) is 29.3 Å². The molecule has 1 aliphatic heterocycles. The number of likely N-dealkylation sites (tertiary alicyclic amines) is 1. The lowest BCUT2D eigenvalue weighted by molar-refractivity contribution is 0.0904. The van der Waals surface area contributed by atoms with Gasteiger partial charge < -0.3 is 19.7 Å². The fourth-order valence-corrected chi connectivity index (χ4v) is 5.66. The number of methoxy groups -OCH3 is 2. The maximum absolute atomic E-state index is 12.8. The number of rotatable bonds is 5. The summed E-state index contributed by atoms with van der Waals surface area (Å²) in [7, 11) is 5.50. The second kappa shape index (κ2) is 8.89. The van der Waals surface area contributed by atoms with Gasteiger partial charge in [-0.2, -0.15) is 0 Å². The Bertz CT molecular complexity index is 983. The Morgan fingerprint density at radius 3 is 2.58 bits per heavy atom. The normalized spacial score (nSPS) is 25.7. The number of nitrogens with one attached hydrogen (secondary N) is 1. The first kappa shape index (κ1) is 22.3. The summed E-state index contributed by atoms with van der Waals surface area (Å²) in [5, 5.41) is 4.06. The van der Waals surface area contributed by atoms with Crippen molar-refractivity contribution < 1.29 is 14.3 Å². The highest BCUT2D eigenvalue weighted by atomic mass is 35.5. The molecule has 1 amide bonds. The molecule has 0 bridgehead atoms. The van der Waals surface area contributed by atoms with Crippen molar-refractivity contribution in [2.45, 2.75) is 30.7 Å². The monoisotopic (exact) mass is 462 g/mol. The van der Waals surface area contributed by atoms with Crippen LogP contribution < -0.4 is 14.8 Å². The van der Waals surface area contributed by atoms with Gasteiger partial charge in [0, 0.05) is 30.1 Å². The Kier molecular flexibility index (Phi) is 6.38. The highest BCUT2D eigenvalue weighted by molar-refractivity contribution is 6.42. The minimum Gasteiger partial charge on any atom is -0.493 e. The van der Waals surface area contributed by atoms with Crippen molar-refractivity contribution in [3.05, 3.63) is 57.6 Å². The van der Waals surface area contributed by atoms with Crippen LogP contribution in [0.15, 0.2) is 36.4 Å². The van der Waals surface area contributed by atoms with Crippen molar-refractivity contribution in [1.82, 2.24) is 10.2 Å². The molecule has 0 radical (unpaired) electrons. The maximum atomic E-state index is 12.8. The summed E-state index contributed by atoms with van der Waals surface area (Å²) >= 11 is 12.1. The number of hydrogen-bond donors (Lipinski definition) is 1. The number of benzene rings is 2. The molecule has 1 N–H and O–H groups in total.